The first-order valence-corrected chi connectivity index (χ1v) is 7.13. The lowest BCUT2D eigenvalue weighted by molar-refractivity contribution is 0.0528. The summed E-state index contributed by atoms with van der Waals surface area (Å²) >= 11 is 3.03. The number of fused-ring (bicyclic) bond motifs is 1. The Labute approximate surface area is 123 Å². The number of ether oxygens (including phenoxy) is 1. The van der Waals surface area contributed by atoms with E-state index in [0.29, 0.717) is 5.52 Å². The Hall–Kier alpha value is -1.95. The first-order valence-electron chi connectivity index (χ1n) is 6.00. The fourth-order valence-corrected chi connectivity index (χ4v) is 2.20. The minimum absolute atomic E-state index is 0.0173. The van der Waals surface area contributed by atoms with E-state index in [9.17, 15) is 14.4 Å². The highest BCUT2D eigenvalue weighted by molar-refractivity contribution is 9.09. The number of rotatable bonds is 4. The van der Waals surface area contributed by atoms with Crippen LogP contribution < -0.4 is 5.56 Å². The van der Waals surface area contributed by atoms with Gasteiger partial charge in [0.25, 0.3) is 5.56 Å². The van der Waals surface area contributed by atoms with Crippen molar-refractivity contribution in [1.82, 2.24) is 4.40 Å². The number of aromatic nitrogens is 1. The molecule has 0 spiro atoms. The molecule has 0 N–H and O–H groups in total. The van der Waals surface area contributed by atoms with Gasteiger partial charge in [-0.1, -0.05) is 22.0 Å². The number of esters is 1. The summed E-state index contributed by atoms with van der Waals surface area (Å²) in [5.74, 6) is -0.932. The highest BCUT2D eigenvalue weighted by atomic mass is 79.9. The van der Waals surface area contributed by atoms with Crippen molar-refractivity contribution in [2.75, 3.05) is 11.9 Å². The van der Waals surface area contributed by atoms with Gasteiger partial charge < -0.3 is 4.74 Å². The van der Waals surface area contributed by atoms with Crippen molar-refractivity contribution in [3.05, 3.63) is 51.9 Å². The number of carbonyl (C=O) groups excluding carboxylic acids is 2. The fourth-order valence-electron chi connectivity index (χ4n) is 1.89. The molecule has 0 radical (unpaired) electrons. The Morgan fingerprint density at radius 2 is 2.05 bits per heavy atom. The summed E-state index contributed by atoms with van der Waals surface area (Å²) in [5, 5.41) is 0.0173. The van der Waals surface area contributed by atoms with E-state index in [1.54, 1.807) is 25.1 Å². The molecule has 0 aromatic carbocycles. The first kappa shape index (κ1) is 14.5. The quantitative estimate of drug-likeness (QED) is 0.486. The van der Waals surface area contributed by atoms with E-state index < -0.39 is 11.5 Å². The van der Waals surface area contributed by atoms with Crippen molar-refractivity contribution < 1.29 is 14.3 Å². The summed E-state index contributed by atoms with van der Waals surface area (Å²) in [6.45, 7) is 1.92. The minimum Gasteiger partial charge on any atom is -0.462 e. The van der Waals surface area contributed by atoms with E-state index in [1.807, 2.05) is 0 Å². The van der Waals surface area contributed by atoms with Gasteiger partial charge in [0.15, 0.2) is 5.78 Å². The highest BCUT2D eigenvalue weighted by Gasteiger charge is 2.19. The predicted molar refractivity (Wildman–Crippen MR) is 77.7 cm³/mol. The number of hydrogen-bond acceptors (Lipinski definition) is 4. The minimum atomic E-state index is -0.556. The second kappa shape index (κ2) is 6.00. The SMILES string of the molecule is CCOC(=O)c1cc(C(=O)CBr)c(=O)n2ccccc12. The van der Waals surface area contributed by atoms with Crippen LogP contribution >= 0.6 is 15.9 Å². The standard InChI is InChI=1S/C14H12BrNO4/c1-2-20-14(19)9-7-10(12(17)8-15)13(18)16-6-4-3-5-11(9)16/h3-7H,2,8H2,1H3. The summed E-state index contributed by atoms with van der Waals surface area (Å²) < 4.78 is 6.25. The van der Waals surface area contributed by atoms with Gasteiger partial charge in [0, 0.05) is 6.20 Å². The molecule has 104 valence electrons. The van der Waals surface area contributed by atoms with Gasteiger partial charge in [-0.2, -0.15) is 0 Å². The Morgan fingerprint density at radius 1 is 1.30 bits per heavy atom. The van der Waals surface area contributed by atoms with Gasteiger partial charge in [-0.25, -0.2) is 4.79 Å². The Morgan fingerprint density at radius 3 is 2.70 bits per heavy atom. The number of alkyl halides is 1. The third-order valence-electron chi connectivity index (χ3n) is 2.79. The van der Waals surface area contributed by atoms with Crippen LogP contribution in [0.2, 0.25) is 0 Å². The third-order valence-corrected chi connectivity index (χ3v) is 3.30. The van der Waals surface area contributed by atoms with Crippen LogP contribution in [0.5, 0.6) is 0 Å². The molecular formula is C14H12BrNO4. The van der Waals surface area contributed by atoms with Gasteiger partial charge in [0.1, 0.15) is 0 Å². The van der Waals surface area contributed by atoms with Gasteiger partial charge >= 0.3 is 5.97 Å². The molecule has 2 aromatic rings. The molecule has 6 heteroatoms. The van der Waals surface area contributed by atoms with Crippen LogP contribution in [0.25, 0.3) is 5.52 Å². The van der Waals surface area contributed by atoms with E-state index in [-0.39, 0.29) is 28.8 Å². The molecule has 0 aliphatic heterocycles. The van der Waals surface area contributed by atoms with Gasteiger partial charge in [0.05, 0.1) is 28.6 Å². The molecule has 0 unspecified atom stereocenters. The third kappa shape index (κ3) is 2.51. The van der Waals surface area contributed by atoms with Crippen molar-refractivity contribution in [2.24, 2.45) is 0 Å². The topological polar surface area (TPSA) is 64.9 Å². The highest BCUT2D eigenvalue weighted by Crippen LogP contribution is 2.13. The predicted octanol–water partition coefficient (Wildman–Crippen LogP) is 2.05. The lowest BCUT2D eigenvalue weighted by Crippen LogP contribution is -2.25. The van der Waals surface area contributed by atoms with Crippen molar-refractivity contribution in [3.63, 3.8) is 0 Å². The second-order valence-electron chi connectivity index (χ2n) is 4.01. The first-order chi connectivity index (χ1) is 9.60. The Bertz CT molecular complexity index is 736. The maximum Gasteiger partial charge on any atom is 0.340 e. The molecular weight excluding hydrogens is 326 g/mol. The van der Waals surface area contributed by atoms with E-state index in [0.717, 1.165) is 0 Å². The molecule has 0 bridgehead atoms. The maximum absolute atomic E-state index is 12.2. The van der Waals surface area contributed by atoms with Crippen LogP contribution in [0.4, 0.5) is 0 Å². The number of hydrogen-bond donors (Lipinski definition) is 0. The largest absolute Gasteiger partial charge is 0.462 e. The molecule has 20 heavy (non-hydrogen) atoms. The van der Waals surface area contributed by atoms with Crippen LogP contribution in [0.3, 0.4) is 0 Å². The lowest BCUT2D eigenvalue weighted by atomic mass is 10.1. The monoisotopic (exact) mass is 337 g/mol. The molecule has 2 aromatic heterocycles. The second-order valence-corrected chi connectivity index (χ2v) is 4.57. The van der Waals surface area contributed by atoms with Crippen molar-refractivity contribution in [1.29, 1.82) is 0 Å². The number of nitrogens with zero attached hydrogens (tertiary/aromatic N) is 1. The van der Waals surface area contributed by atoms with Crippen LogP contribution in [0.1, 0.15) is 27.6 Å². The zero-order chi connectivity index (χ0) is 14.7. The molecule has 2 heterocycles. The van der Waals surface area contributed by atoms with Crippen molar-refractivity contribution in [2.45, 2.75) is 6.92 Å². The molecule has 0 fully saturated rings. The molecule has 2 rings (SSSR count). The molecule has 0 saturated heterocycles. The lowest BCUT2D eigenvalue weighted by Gasteiger charge is -2.09. The average Bonchev–Trinajstić information content (AvgIpc) is 2.47. The Balaban J connectivity index is 2.79. The summed E-state index contributed by atoms with van der Waals surface area (Å²) in [6, 6.07) is 6.31. The number of halogens is 1. The van der Waals surface area contributed by atoms with E-state index in [2.05, 4.69) is 15.9 Å². The molecule has 0 aliphatic rings. The number of Topliss-reactive ketones (excluding diaryl/α,β-unsaturated/α-hetero) is 1. The van der Waals surface area contributed by atoms with Gasteiger partial charge in [-0.3, -0.25) is 14.0 Å². The maximum atomic E-state index is 12.2. The van der Waals surface area contributed by atoms with E-state index in [1.165, 1.54) is 16.7 Å². The van der Waals surface area contributed by atoms with Gasteiger partial charge in [-0.05, 0) is 25.1 Å². The number of carbonyl (C=O) groups is 2. The smallest absolute Gasteiger partial charge is 0.340 e. The van der Waals surface area contributed by atoms with Crippen molar-refractivity contribution in [3.8, 4) is 0 Å². The molecule has 0 atom stereocenters. The fraction of sp³-hybridized carbons (Fsp3) is 0.214. The van der Waals surface area contributed by atoms with Crippen molar-refractivity contribution >= 4 is 33.2 Å². The Kier molecular flexibility index (Phi) is 4.34. The summed E-state index contributed by atoms with van der Waals surface area (Å²) in [7, 11) is 0. The van der Waals surface area contributed by atoms with Crippen LogP contribution in [-0.4, -0.2) is 28.1 Å². The number of ketones is 1. The van der Waals surface area contributed by atoms with Crippen LogP contribution in [0.15, 0.2) is 35.3 Å². The zero-order valence-corrected chi connectivity index (χ0v) is 12.3. The number of pyridine rings is 2. The zero-order valence-electron chi connectivity index (χ0n) is 10.8. The summed E-state index contributed by atoms with van der Waals surface area (Å²) in [6.07, 6.45) is 1.52. The average molecular weight is 338 g/mol. The van der Waals surface area contributed by atoms with Gasteiger partial charge in [0.2, 0.25) is 0 Å². The molecule has 0 aliphatic carbocycles. The molecule has 5 nitrogen and oxygen atoms in total. The van der Waals surface area contributed by atoms with E-state index >= 15 is 0 Å². The normalized spacial score (nSPS) is 10.5. The van der Waals surface area contributed by atoms with Crippen LogP contribution in [-0.2, 0) is 4.74 Å². The summed E-state index contributed by atoms with van der Waals surface area (Å²) in [5.41, 5.74) is 0.144. The van der Waals surface area contributed by atoms with E-state index in [4.69, 9.17) is 4.74 Å². The van der Waals surface area contributed by atoms with Gasteiger partial charge in [-0.15, -0.1) is 0 Å². The van der Waals surface area contributed by atoms with Crippen LogP contribution in [0, 0.1) is 0 Å². The molecule has 0 amide bonds. The summed E-state index contributed by atoms with van der Waals surface area (Å²) in [4.78, 5) is 36.0. The molecule has 0 saturated carbocycles.